The molecule has 1 aromatic heterocycles. The van der Waals surface area contributed by atoms with Gasteiger partial charge in [0.25, 0.3) is 0 Å². The molecule has 3 rings (SSSR count). The summed E-state index contributed by atoms with van der Waals surface area (Å²) in [5, 5.41) is 15.6. The van der Waals surface area contributed by atoms with Gasteiger partial charge in [-0.2, -0.15) is 0 Å². The van der Waals surface area contributed by atoms with Crippen LogP contribution in [-0.2, 0) is 0 Å². The van der Waals surface area contributed by atoms with Crippen LogP contribution in [0.3, 0.4) is 0 Å². The molecule has 21 heavy (non-hydrogen) atoms. The summed E-state index contributed by atoms with van der Waals surface area (Å²) in [5.74, 6) is -0.0808. The average molecular weight is 291 g/mol. The Labute approximate surface area is 119 Å². The Bertz CT molecular complexity index is 639. The fraction of sp³-hybridized carbons (Fsp3) is 0.308. The molecular weight excluding hydrogens is 277 g/mol. The van der Waals surface area contributed by atoms with Crippen LogP contribution in [0.5, 0.6) is 0 Å². The molecule has 0 radical (unpaired) electrons. The maximum atomic E-state index is 13.4. The SMILES string of the molecule is O=C(Nc1nnc(C2CCCN2)o1)Nc1ccccc1F. The molecular formula is C13H14FN5O2. The molecule has 1 unspecified atom stereocenters. The second kappa shape index (κ2) is 5.88. The van der Waals surface area contributed by atoms with Gasteiger partial charge < -0.3 is 15.1 Å². The molecule has 1 atom stereocenters. The number of hydrogen-bond acceptors (Lipinski definition) is 5. The van der Waals surface area contributed by atoms with Crippen molar-refractivity contribution in [2.75, 3.05) is 17.2 Å². The zero-order valence-corrected chi connectivity index (χ0v) is 11.1. The number of nitrogens with one attached hydrogen (secondary N) is 3. The molecule has 110 valence electrons. The lowest BCUT2D eigenvalue weighted by Crippen LogP contribution is -2.20. The van der Waals surface area contributed by atoms with E-state index in [1.54, 1.807) is 6.07 Å². The van der Waals surface area contributed by atoms with Gasteiger partial charge in [0, 0.05) is 0 Å². The molecule has 1 fully saturated rings. The normalized spacial score (nSPS) is 17.7. The lowest BCUT2D eigenvalue weighted by atomic mass is 10.2. The van der Waals surface area contributed by atoms with E-state index in [4.69, 9.17) is 4.42 Å². The molecule has 0 aliphatic carbocycles. The molecule has 7 nitrogen and oxygen atoms in total. The number of aromatic nitrogens is 2. The van der Waals surface area contributed by atoms with Crippen LogP contribution in [0.2, 0.25) is 0 Å². The number of para-hydroxylation sites is 1. The Morgan fingerprint density at radius 2 is 2.19 bits per heavy atom. The number of carbonyl (C=O) groups excluding carboxylic acids is 1. The van der Waals surface area contributed by atoms with Crippen LogP contribution < -0.4 is 16.0 Å². The van der Waals surface area contributed by atoms with Gasteiger partial charge in [-0.1, -0.05) is 17.2 Å². The zero-order chi connectivity index (χ0) is 14.7. The molecule has 2 aromatic rings. The molecule has 2 heterocycles. The Morgan fingerprint density at radius 3 is 2.95 bits per heavy atom. The van der Waals surface area contributed by atoms with E-state index >= 15 is 0 Å². The van der Waals surface area contributed by atoms with Gasteiger partial charge in [0.1, 0.15) is 5.82 Å². The lowest BCUT2D eigenvalue weighted by molar-refractivity contribution is 0.261. The zero-order valence-electron chi connectivity index (χ0n) is 11.1. The fourth-order valence-electron chi connectivity index (χ4n) is 2.13. The molecule has 1 aliphatic rings. The predicted molar refractivity (Wildman–Crippen MR) is 73.3 cm³/mol. The Hall–Kier alpha value is -2.48. The highest BCUT2D eigenvalue weighted by Crippen LogP contribution is 2.22. The minimum absolute atomic E-state index is 0.0208. The summed E-state index contributed by atoms with van der Waals surface area (Å²) in [6.45, 7) is 0.906. The van der Waals surface area contributed by atoms with Crippen molar-refractivity contribution in [1.82, 2.24) is 15.5 Å². The van der Waals surface area contributed by atoms with Gasteiger partial charge in [0.2, 0.25) is 5.89 Å². The van der Waals surface area contributed by atoms with E-state index in [9.17, 15) is 9.18 Å². The topological polar surface area (TPSA) is 92.1 Å². The van der Waals surface area contributed by atoms with Crippen molar-refractivity contribution < 1.29 is 13.6 Å². The van der Waals surface area contributed by atoms with Crippen molar-refractivity contribution in [3.05, 3.63) is 36.0 Å². The fourth-order valence-corrected chi connectivity index (χ4v) is 2.13. The van der Waals surface area contributed by atoms with E-state index in [0.29, 0.717) is 5.89 Å². The Kier molecular flexibility index (Phi) is 3.78. The van der Waals surface area contributed by atoms with E-state index in [0.717, 1.165) is 19.4 Å². The highest BCUT2D eigenvalue weighted by molar-refractivity contribution is 5.98. The van der Waals surface area contributed by atoms with Gasteiger partial charge in [0.05, 0.1) is 11.7 Å². The first-order valence-corrected chi connectivity index (χ1v) is 6.62. The molecule has 1 saturated heterocycles. The largest absolute Gasteiger partial charge is 0.406 e. The number of nitrogens with zero attached hydrogens (tertiary/aromatic N) is 2. The summed E-state index contributed by atoms with van der Waals surface area (Å²) in [6.07, 6.45) is 1.96. The highest BCUT2D eigenvalue weighted by Gasteiger charge is 2.22. The number of benzene rings is 1. The summed E-state index contributed by atoms with van der Waals surface area (Å²) in [4.78, 5) is 11.7. The average Bonchev–Trinajstić information content (AvgIpc) is 3.12. The van der Waals surface area contributed by atoms with Crippen LogP contribution in [0.1, 0.15) is 24.8 Å². The summed E-state index contributed by atoms with van der Waals surface area (Å²) in [5.41, 5.74) is 0.0761. The standard InChI is InChI=1S/C13H14FN5O2/c14-8-4-1-2-5-9(8)16-12(20)17-13-19-18-11(21-13)10-6-3-7-15-10/h1-2,4-5,10,15H,3,6-7H2,(H2,16,17,19,20). The van der Waals surface area contributed by atoms with Gasteiger partial charge in [0.15, 0.2) is 0 Å². The summed E-state index contributed by atoms with van der Waals surface area (Å²) in [7, 11) is 0. The molecule has 8 heteroatoms. The number of carbonyl (C=O) groups is 1. The van der Waals surface area contributed by atoms with Gasteiger partial charge in [-0.25, -0.2) is 9.18 Å². The minimum Gasteiger partial charge on any atom is -0.406 e. The van der Waals surface area contributed by atoms with Crippen molar-refractivity contribution in [3.63, 3.8) is 0 Å². The van der Waals surface area contributed by atoms with Crippen molar-refractivity contribution >= 4 is 17.7 Å². The van der Waals surface area contributed by atoms with Gasteiger partial charge in [-0.3, -0.25) is 5.32 Å². The van der Waals surface area contributed by atoms with E-state index < -0.39 is 11.8 Å². The third kappa shape index (κ3) is 3.16. The van der Waals surface area contributed by atoms with Crippen molar-refractivity contribution in [2.24, 2.45) is 0 Å². The first-order valence-electron chi connectivity index (χ1n) is 6.62. The van der Waals surface area contributed by atoms with Crippen LogP contribution in [0.4, 0.5) is 20.9 Å². The summed E-state index contributed by atoms with van der Waals surface area (Å²) < 4.78 is 18.8. The van der Waals surface area contributed by atoms with Crippen LogP contribution in [0, 0.1) is 5.82 Å². The number of amides is 2. The van der Waals surface area contributed by atoms with Crippen molar-refractivity contribution in [3.8, 4) is 0 Å². The third-order valence-corrected chi connectivity index (χ3v) is 3.14. The lowest BCUT2D eigenvalue weighted by Gasteiger charge is -2.05. The minimum atomic E-state index is -0.644. The smallest absolute Gasteiger partial charge is 0.327 e. The highest BCUT2D eigenvalue weighted by atomic mass is 19.1. The van der Waals surface area contributed by atoms with Crippen LogP contribution in [0.25, 0.3) is 0 Å². The van der Waals surface area contributed by atoms with Crippen molar-refractivity contribution in [1.29, 1.82) is 0 Å². The van der Waals surface area contributed by atoms with Crippen LogP contribution in [0.15, 0.2) is 28.7 Å². The second-order valence-electron chi connectivity index (χ2n) is 4.65. The number of rotatable bonds is 3. The molecule has 2 amide bonds. The van der Waals surface area contributed by atoms with E-state index in [-0.39, 0.29) is 17.7 Å². The van der Waals surface area contributed by atoms with Crippen LogP contribution >= 0.6 is 0 Å². The Morgan fingerprint density at radius 1 is 1.33 bits per heavy atom. The molecule has 3 N–H and O–H groups in total. The predicted octanol–water partition coefficient (Wildman–Crippen LogP) is 2.28. The number of hydrogen-bond donors (Lipinski definition) is 3. The molecule has 1 aromatic carbocycles. The third-order valence-electron chi connectivity index (χ3n) is 3.14. The first kappa shape index (κ1) is 13.5. The van der Waals surface area contributed by atoms with Gasteiger partial charge in [-0.15, -0.1) is 5.10 Å². The number of halogens is 1. The maximum Gasteiger partial charge on any atom is 0.327 e. The van der Waals surface area contributed by atoms with Gasteiger partial charge >= 0.3 is 12.0 Å². The van der Waals surface area contributed by atoms with E-state index in [1.165, 1.54) is 18.2 Å². The molecule has 0 saturated carbocycles. The monoisotopic (exact) mass is 291 g/mol. The summed E-state index contributed by atoms with van der Waals surface area (Å²) in [6, 6.07) is 5.24. The summed E-state index contributed by atoms with van der Waals surface area (Å²) >= 11 is 0. The Balaban J connectivity index is 1.61. The van der Waals surface area contributed by atoms with Gasteiger partial charge in [-0.05, 0) is 31.5 Å². The van der Waals surface area contributed by atoms with E-state index in [2.05, 4.69) is 26.1 Å². The quantitative estimate of drug-likeness (QED) is 0.807. The maximum absolute atomic E-state index is 13.4. The number of anilines is 2. The molecule has 0 bridgehead atoms. The van der Waals surface area contributed by atoms with Crippen LogP contribution in [-0.4, -0.2) is 22.8 Å². The van der Waals surface area contributed by atoms with Crippen molar-refractivity contribution in [2.45, 2.75) is 18.9 Å². The van der Waals surface area contributed by atoms with E-state index in [1.807, 2.05) is 0 Å². The molecule has 0 spiro atoms. The number of urea groups is 1. The second-order valence-corrected chi connectivity index (χ2v) is 4.65. The molecule has 1 aliphatic heterocycles. The first-order chi connectivity index (χ1) is 10.2.